The fourth-order valence-corrected chi connectivity index (χ4v) is 3.31. The summed E-state index contributed by atoms with van der Waals surface area (Å²) in [4.78, 5) is 0. The predicted molar refractivity (Wildman–Crippen MR) is 72.7 cm³/mol. The maximum Gasteiger partial charge on any atom is 0.00922 e. The van der Waals surface area contributed by atoms with Crippen LogP contribution in [0.4, 0.5) is 0 Å². The van der Waals surface area contributed by atoms with Crippen LogP contribution in [0.2, 0.25) is 0 Å². The summed E-state index contributed by atoms with van der Waals surface area (Å²) in [5.74, 6) is 1.88. The molecule has 1 aliphatic rings. The Bertz CT molecular complexity index is 184. The van der Waals surface area contributed by atoms with Gasteiger partial charge in [0.25, 0.3) is 0 Å². The molecule has 1 rings (SSSR count). The van der Waals surface area contributed by atoms with E-state index in [-0.39, 0.29) is 0 Å². The number of hydrogen-bond donors (Lipinski definition) is 1. The summed E-state index contributed by atoms with van der Waals surface area (Å²) in [7, 11) is 2.14. The zero-order chi connectivity index (χ0) is 12.2. The fraction of sp³-hybridized carbons (Fsp3) is 1.00. The van der Waals surface area contributed by atoms with Gasteiger partial charge in [0.1, 0.15) is 0 Å². The molecule has 1 atom stereocenters. The second kappa shape index (κ2) is 6.05. The second-order valence-electron chi connectivity index (χ2n) is 6.66. The lowest BCUT2D eigenvalue weighted by Crippen LogP contribution is -2.37. The van der Waals surface area contributed by atoms with Gasteiger partial charge in [-0.25, -0.2) is 0 Å². The van der Waals surface area contributed by atoms with E-state index in [0.29, 0.717) is 5.41 Å². The molecule has 0 aromatic heterocycles. The van der Waals surface area contributed by atoms with Crippen LogP contribution in [0.5, 0.6) is 0 Å². The Hall–Kier alpha value is -0.0400. The van der Waals surface area contributed by atoms with E-state index in [1.54, 1.807) is 0 Å². The van der Waals surface area contributed by atoms with E-state index in [2.05, 4.69) is 40.1 Å². The molecule has 1 saturated carbocycles. The molecule has 0 bridgehead atoms. The van der Waals surface area contributed by atoms with Crippen LogP contribution in [0.3, 0.4) is 0 Å². The highest BCUT2D eigenvalue weighted by Gasteiger charge is 2.31. The molecule has 1 aliphatic carbocycles. The van der Waals surface area contributed by atoms with Crippen molar-refractivity contribution in [1.82, 2.24) is 5.32 Å². The van der Waals surface area contributed by atoms with Crippen LogP contribution < -0.4 is 5.32 Å². The Kier molecular flexibility index (Phi) is 5.30. The van der Waals surface area contributed by atoms with E-state index < -0.39 is 0 Å². The van der Waals surface area contributed by atoms with Crippen LogP contribution in [0, 0.1) is 17.3 Å². The van der Waals surface area contributed by atoms with Gasteiger partial charge in [-0.1, -0.05) is 34.1 Å². The SMILES string of the molecule is CCCC(NC)C1CCC(C(C)(C)C)CC1. The summed E-state index contributed by atoms with van der Waals surface area (Å²) in [6.45, 7) is 9.50. The molecule has 0 aromatic carbocycles. The first-order valence-electron chi connectivity index (χ1n) is 7.16. The van der Waals surface area contributed by atoms with Crippen molar-refractivity contribution in [2.45, 2.75) is 72.3 Å². The zero-order valence-electron chi connectivity index (χ0n) is 12.0. The number of hydrogen-bond acceptors (Lipinski definition) is 1. The Morgan fingerprint density at radius 2 is 1.69 bits per heavy atom. The van der Waals surface area contributed by atoms with Gasteiger partial charge in [-0.05, 0) is 56.4 Å². The molecule has 1 N–H and O–H groups in total. The predicted octanol–water partition coefficient (Wildman–Crippen LogP) is 4.23. The normalized spacial score (nSPS) is 29.1. The van der Waals surface area contributed by atoms with Crippen molar-refractivity contribution >= 4 is 0 Å². The number of rotatable bonds is 4. The van der Waals surface area contributed by atoms with Crippen molar-refractivity contribution in [1.29, 1.82) is 0 Å². The third-order valence-electron chi connectivity index (χ3n) is 4.54. The van der Waals surface area contributed by atoms with Gasteiger partial charge in [-0.3, -0.25) is 0 Å². The third kappa shape index (κ3) is 3.76. The van der Waals surface area contributed by atoms with Gasteiger partial charge in [0.2, 0.25) is 0 Å². The van der Waals surface area contributed by atoms with Crippen molar-refractivity contribution in [2.24, 2.45) is 17.3 Å². The topological polar surface area (TPSA) is 12.0 Å². The van der Waals surface area contributed by atoms with Gasteiger partial charge in [0.15, 0.2) is 0 Å². The molecule has 0 amide bonds. The lowest BCUT2D eigenvalue weighted by atomic mass is 9.68. The third-order valence-corrected chi connectivity index (χ3v) is 4.54. The molecule has 0 radical (unpaired) electrons. The second-order valence-corrected chi connectivity index (χ2v) is 6.66. The summed E-state index contributed by atoms with van der Waals surface area (Å²) in [5.41, 5.74) is 0.519. The molecule has 0 aliphatic heterocycles. The molecule has 0 aromatic rings. The molecule has 0 spiro atoms. The van der Waals surface area contributed by atoms with Crippen molar-refractivity contribution in [3.8, 4) is 0 Å². The summed E-state index contributed by atoms with van der Waals surface area (Å²) in [5, 5.41) is 3.53. The Morgan fingerprint density at radius 3 is 2.06 bits per heavy atom. The van der Waals surface area contributed by atoms with Gasteiger partial charge in [-0.2, -0.15) is 0 Å². The molecule has 0 heterocycles. The van der Waals surface area contributed by atoms with E-state index in [4.69, 9.17) is 0 Å². The van der Waals surface area contributed by atoms with Gasteiger partial charge in [0, 0.05) is 6.04 Å². The summed E-state index contributed by atoms with van der Waals surface area (Å²) < 4.78 is 0. The molecule has 1 fully saturated rings. The number of nitrogens with one attached hydrogen (secondary N) is 1. The fourth-order valence-electron chi connectivity index (χ4n) is 3.31. The van der Waals surface area contributed by atoms with E-state index >= 15 is 0 Å². The minimum Gasteiger partial charge on any atom is -0.317 e. The first-order valence-corrected chi connectivity index (χ1v) is 7.16. The van der Waals surface area contributed by atoms with Crippen LogP contribution >= 0.6 is 0 Å². The van der Waals surface area contributed by atoms with Gasteiger partial charge in [0.05, 0.1) is 0 Å². The Labute approximate surface area is 102 Å². The molecule has 1 nitrogen and oxygen atoms in total. The molecule has 1 heteroatoms. The minimum absolute atomic E-state index is 0.519. The molecule has 96 valence electrons. The molecular weight excluding hydrogens is 194 g/mol. The largest absolute Gasteiger partial charge is 0.317 e. The summed E-state index contributed by atoms with van der Waals surface area (Å²) >= 11 is 0. The van der Waals surface area contributed by atoms with Crippen LogP contribution in [0.15, 0.2) is 0 Å². The van der Waals surface area contributed by atoms with Crippen LogP contribution in [0.1, 0.15) is 66.2 Å². The van der Waals surface area contributed by atoms with Crippen LogP contribution in [-0.4, -0.2) is 13.1 Å². The molecule has 0 saturated heterocycles. The average Bonchev–Trinajstić information content (AvgIpc) is 2.25. The molecular formula is C15H31N. The van der Waals surface area contributed by atoms with Crippen LogP contribution in [0.25, 0.3) is 0 Å². The monoisotopic (exact) mass is 225 g/mol. The maximum absolute atomic E-state index is 3.53. The quantitative estimate of drug-likeness (QED) is 0.755. The lowest BCUT2D eigenvalue weighted by Gasteiger charge is -2.39. The zero-order valence-corrected chi connectivity index (χ0v) is 12.0. The van der Waals surface area contributed by atoms with Crippen molar-refractivity contribution in [3.63, 3.8) is 0 Å². The average molecular weight is 225 g/mol. The van der Waals surface area contributed by atoms with Crippen molar-refractivity contribution < 1.29 is 0 Å². The van der Waals surface area contributed by atoms with E-state index in [9.17, 15) is 0 Å². The smallest absolute Gasteiger partial charge is 0.00922 e. The lowest BCUT2D eigenvalue weighted by molar-refractivity contribution is 0.132. The summed E-state index contributed by atoms with van der Waals surface area (Å²) in [6.07, 6.45) is 8.42. The standard InChI is InChI=1S/C15H31N/c1-6-7-14(16-5)12-8-10-13(11-9-12)15(2,3)4/h12-14,16H,6-11H2,1-5H3. The Morgan fingerprint density at radius 1 is 1.12 bits per heavy atom. The van der Waals surface area contributed by atoms with E-state index in [1.807, 2.05) is 0 Å². The molecule has 16 heavy (non-hydrogen) atoms. The highest BCUT2D eigenvalue weighted by atomic mass is 14.9. The van der Waals surface area contributed by atoms with Gasteiger partial charge < -0.3 is 5.32 Å². The van der Waals surface area contributed by atoms with Crippen LogP contribution in [-0.2, 0) is 0 Å². The first kappa shape index (κ1) is 14.0. The highest BCUT2D eigenvalue weighted by Crippen LogP contribution is 2.41. The first-order chi connectivity index (χ1) is 7.49. The van der Waals surface area contributed by atoms with Gasteiger partial charge in [-0.15, -0.1) is 0 Å². The van der Waals surface area contributed by atoms with Crippen molar-refractivity contribution in [2.75, 3.05) is 7.05 Å². The highest BCUT2D eigenvalue weighted by molar-refractivity contribution is 4.85. The minimum atomic E-state index is 0.519. The van der Waals surface area contributed by atoms with E-state index in [0.717, 1.165) is 17.9 Å². The Balaban J connectivity index is 2.41. The maximum atomic E-state index is 3.53. The molecule has 1 unspecified atom stereocenters. The van der Waals surface area contributed by atoms with Crippen molar-refractivity contribution in [3.05, 3.63) is 0 Å². The van der Waals surface area contributed by atoms with Gasteiger partial charge >= 0.3 is 0 Å². The van der Waals surface area contributed by atoms with E-state index in [1.165, 1.54) is 38.5 Å². The summed E-state index contributed by atoms with van der Waals surface area (Å²) in [6, 6.07) is 0.769.